The average molecular weight is 345 g/mol. The monoisotopic (exact) mass is 345 g/mol. The molecule has 0 aliphatic rings. The number of anilines is 1. The molecular formula is C19H19N7. The van der Waals surface area contributed by atoms with Gasteiger partial charge in [-0.25, -0.2) is 9.67 Å². The number of para-hydroxylation sites is 1. The molecule has 0 spiro atoms. The van der Waals surface area contributed by atoms with E-state index >= 15 is 0 Å². The SMILES string of the molecule is Cc1cc(C)n(-c2ccc(NCc3ccccc3-n3ccnc3)nn2)n1. The van der Waals surface area contributed by atoms with Crippen LogP contribution in [0.4, 0.5) is 5.82 Å². The molecule has 0 amide bonds. The quantitative estimate of drug-likeness (QED) is 0.602. The number of nitrogens with zero attached hydrogens (tertiary/aromatic N) is 6. The van der Waals surface area contributed by atoms with Gasteiger partial charge in [-0.1, -0.05) is 18.2 Å². The van der Waals surface area contributed by atoms with Crippen LogP contribution in [0.5, 0.6) is 0 Å². The van der Waals surface area contributed by atoms with Crippen LogP contribution in [0.1, 0.15) is 17.0 Å². The predicted molar refractivity (Wildman–Crippen MR) is 99.5 cm³/mol. The van der Waals surface area contributed by atoms with Crippen molar-refractivity contribution in [2.75, 3.05) is 5.32 Å². The van der Waals surface area contributed by atoms with Gasteiger partial charge in [0.05, 0.1) is 17.7 Å². The molecule has 130 valence electrons. The Labute approximate surface area is 151 Å². The van der Waals surface area contributed by atoms with Crippen molar-refractivity contribution >= 4 is 5.82 Å². The molecule has 0 fully saturated rings. The Morgan fingerprint density at radius 1 is 1.04 bits per heavy atom. The minimum absolute atomic E-state index is 0.641. The number of nitrogens with one attached hydrogen (secondary N) is 1. The number of imidazole rings is 1. The average Bonchev–Trinajstić information content (AvgIpc) is 3.30. The fraction of sp³-hybridized carbons (Fsp3) is 0.158. The highest BCUT2D eigenvalue weighted by atomic mass is 15.4. The van der Waals surface area contributed by atoms with Gasteiger partial charge in [-0.15, -0.1) is 10.2 Å². The van der Waals surface area contributed by atoms with Crippen molar-refractivity contribution in [1.82, 2.24) is 29.5 Å². The lowest BCUT2D eigenvalue weighted by atomic mass is 10.1. The first-order chi connectivity index (χ1) is 12.7. The molecule has 4 aromatic rings. The molecule has 0 saturated carbocycles. The van der Waals surface area contributed by atoms with Crippen molar-refractivity contribution in [1.29, 1.82) is 0 Å². The van der Waals surface area contributed by atoms with Crippen LogP contribution in [-0.2, 0) is 6.54 Å². The maximum Gasteiger partial charge on any atom is 0.176 e. The van der Waals surface area contributed by atoms with Gasteiger partial charge in [-0.05, 0) is 43.7 Å². The highest BCUT2D eigenvalue weighted by Gasteiger charge is 2.07. The first-order valence-electron chi connectivity index (χ1n) is 8.38. The molecule has 3 aromatic heterocycles. The second-order valence-electron chi connectivity index (χ2n) is 6.07. The second-order valence-corrected chi connectivity index (χ2v) is 6.07. The molecule has 0 radical (unpaired) electrons. The van der Waals surface area contributed by atoms with Gasteiger partial charge in [-0.3, -0.25) is 0 Å². The Morgan fingerprint density at radius 3 is 2.62 bits per heavy atom. The Kier molecular flexibility index (Phi) is 4.18. The Balaban J connectivity index is 1.50. The fourth-order valence-electron chi connectivity index (χ4n) is 2.89. The molecule has 4 rings (SSSR count). The summed E-state index contributed by atoms with van der Waals surface area (Å²) in [5.74, 6) is 1.43. The van der Waals surface area contributed by atoms with Crippen LogP contribution < -0.4 is 5.32 Å². The van der Waals surface area contributed by atoms with Gasteiger partial charge in [0.1, 0.15) is 5.82 Å². The van der Waals surface area contributed by atoms with Gasteiger partial charge >= 0.3 is 0 Å². The van der Waals surface area contributed by atoms with Gasteiger partial charge in [0.15, 0.2) is 5.82 Å². The summed E-state index contributed by atoms with van der Waals surface area (Å²) in [6.45, 7) is 4.60. The Morgan fingerprint density at radius 2 is 1.92 bits per heavy atom. The summed E-state index contributed by atoms with van der Waals surface area (Å²) in [5.41, 5.74) is 4.23. The maximum atomic E-state index is 4.43. The molecule has 7 nitrogen and oxygen atoms in total. The first kappa shape index (κ1) is 16.0. The lowest BCUT2D eigenvalue weighted by Gasteiger charge is -2.11. The molecule has 0 saturated heterocycles. The lowest BCUT2D eigenvalue weighted by molar-refractivity contribution is 0.781. The zero-order valence-electron chi connectivity index (χ0n) is 14.7. The molecular weight excluding hydrogens is 326 g/mol. The van der Waals surface area contributed by atoms with Crippen molar-refractivity contribution in [3.8, 4) is 11.5 Å². The van der Waals surface area contributed by atoms with Crippen molar-refractivity contribution in [3.63, 3.8) is 0 Å². The van der Waals surface area contributed by atoms with E-state index in [9.17, 15) is 0 Å². The van der Waals surface area contributed by atoms with E-state index in [0.717, 1.165) is 28.5 Å². The van der Waals surface area contributed by atoms with Crippen LogP contribution in [-0.4, -0.2) is 29.5 Å². The van der Waals surface area contributed by atoms with Crippen LogP contribution in [0.3, 0.4) is 0 Å². The molecule has 1 aromatic carbocycles. The molecule has 26 heavy (non-hydrogen) atoms. The number of hydrogen-bond donors (Lipinski definition) is 1. The number of hydrogen-bond acceptors (Lipinski definition) is 5. The summed E-state index contributed by atoms with van der Waals surface area (Å²) in [6, 6.07) is 14.0. The number of rotatable bonds is 5. The first-order valence-corrected chi connectivity index (χ1v) is 8.38. The van der Waals surface area contributed by atoms with Crippen LogP contribution in [0.2, 0.25) is 0 Å². The predicted octanol–water partition coefficient (Wildman–Crippen LogP) is 3.08. The maximum absolute atomic E-state index is 4.43. The highest BCUT2D eigenvalue weighted by molar-refractivity contribution is 5.44. The molecule has 0 unspecified atom stereocenters. The van der Waals surface area contributed by atoms with Gasteiger partial charge in [0.25, 0.3) is 0 Å². The minimum Gasteiger partial charge on any atom is -0.364 e. The zero-order chi connectivity index (χ0) is 17.9. The van der Waals surface area contributed by atoms with Crippen molar-refractivity contribution in [2.24, 2.45) is 0 Å². The number of benzene rings is 1. The molecule has 0 atom stereocenters. The zero-order valence-corrected chi connectivity index (χ0v) is 14.7. The van der Waals surface area contributed by atoms with Gasteiger partial charge < -0.3 is 9.88 Å². The van der Waals surface area contributed by atoms with Crippen molar-refractivity contribution in [2.45, 2.75) is 20.4 Å². The summed E-state index contributed by atoms with van der Waals surface area (Å²) in [5, 5.41) is 16.3. The fourth-order valence-corrected chi connectivity index (χ4v) is 2.89. The Bertz CT molecular complexity index is 1000. The summed E-state index contributed by atoms with van der Waals surface area (Å²) < 4.78 is 3.79. The second kappa shape index (κ2) is 6.79. The Hall–Kier alpha value is -3.48. The highest BCUT2D eigenvalue weighted by Crippen LogP contribution is 2.16. The molecule has 0 aliphatic heterocycles. The molecule has 0 aliphatic carbocycles. The lowest BCUT2D eigenvalue weighted by Crippen LogP contribution is -2.08. The summed E-state index contributed by atoms with van der Waals surface area (Å²) in [6.07, 6.45) is 5.50. The number of aromatic nitrogens is 6. The largest absolute Gasteiger partial charge is 0.364 e. The van der Waals surface area contributed by atoms with Crippen LogP contribution in [0.25, 0.3) is 11.5 Å². The van der Waals surface area contributed by atoms with Gasteiger partial charge in [0.2, 0.25) is 0 Å². The smallest absolute Gasteiger partial charge is 0.176 e. The van der Waals surface area contributed by atoms with E-state index in [0.29, 0.717) is 12.4 Å². The van der Waals surface area contributed by atoms with E-state index in [-0.39, 0.29) is 0 Å². The molecule has 7 heteroatoms. The summed E-state index contributed by atoms with van der Waals surface area (Å²) in [4.78, 5) is 4.12. The van der Waals surface area contributed by atoms with Crippen molar-refractivity contribution in [3.05, 3.63) is 78.1 Å². The van der Waals surface area contributed by atoms with E-state index in [1.54, 1.807) is 17.2 Å². The normalized spacial score (nSPS) is 10.8. The minimum atomic E-state index is 0.641. The van der Waals surface area contributed by atoms with Crippen LogP contribution in [0.15, 0.2) is 61.2 Å². The summed E-state index contributed by atoms with van der Waals surface area (Å²) >= 11 is 0. The van der Waals surface area contributed by atoms with Crippen LogP contribution in [0, 0.1) is 13.8 Å². The topological polar surface area (TPSA) is 73.5 Å². The molecule has 3 heterocycles. The standard InChI is InChI=1S/C19H19N7/c1-14-11-15(2)26(24-14)19-8-7-18(22-23-19)21-12-16-5-3-4-6-17(16)25-10-9-20-13-25/h3-11,13H,12H2,1-2H3,(H,21,22). The molecule has 0 bridgehead atoms. The van der Waals surface area contributed by atoms with E-state index in [4.69, 9.17) is 0 Å². The third kappa shape index (κ3) is 3.19. The summed E-state index contributed by atoms with van der Waals surface area (Å²) in [7, 11) is 0. The van der Waals surface area contributed by atoms with E-state index in [1.165, 1.54) is 0 Å². The number of aryl methyl sites for hydroxylation is 2. The van der Waals surface area contributed by atoms with E-state index < -0.39 is 0 Å². The van der Waals surface area contributed by atoms with E-state index in [1.807, 2.05) is 54.9 Å². The van der Waals surface area contributed by atoms with Crippen molar-refractivity contribution < 1.29 is 0 Å². The van der Waals surface area contributed by atoms with Gasteiger partial charge in [0, 0.05) is 24.6 Å². The molecule has 1 N–H and O–H groups in total. The van der Waals surface area contributed by atoms with E-state index in [2.05, 4.69) is 37.7 Å². The third-order valence-corrected chi connectivity index (χ3v) is 4.11. The third-order valence-electron chi connectivity index (χ3n) is 4.11. The van der Waals surface area contributed by atoms with Crippen LogP contribution >= 0.6 is 0 Å². The van der Waals surface area contributed by atoms with Gasteiger partial charge in [-0.2, -0.15) is 5.10 Å².